The summed E-state index contributed by atoms with van der Waals surface area (Å²) >= 11 is 0. The first kappa shape index (κ1) is 33.0. The molecular formula is C33H40N4O6S. The van der Waals surface area contributed by atoms with Crippen LogP contribution < -0.4 is 10.1 Å². The van der Waals surface area contributed by atoms with E-state index in [-0.39, 0.29) is 34.4 Å². The molecule has 0 saturated heterocycles. The lowest BCUT2D eigenvalue weighted by Crippen LogP contribution is -2.34. The summed E-state index contributed by atoms with van der Waals surface area (Å²) in [6, 6.07) is 13.3. The van der Waals surface area contributed by atoms with E-state index >= 15 is 0 Å². The molecule has 1 aliphatic carbocycles. The van der Waals surface area contributed by atoms with Gasteiger partial charge in [0.1, 0.15) is 16.6 Å². The molecule has 0 bridgehead atoms. The molecule has 1 aliphatic rings. The first-order valence-corrected chi connectivity index (χ1v) is 16.1. The number of ketones is 1. The van der Waals surface area contributed by atoms with Crippen LogP contribution in [-0.2, 0) is 19.4 Å². The van der Waals surface area contributed by atoms with Crippen molar-refractivity contribution in [2.24, 2.45) is 15.6 Å². The van der Waals surface area contributed by atoms with Crippen molar-refractivity contribution in [3.8, 4) is 5.75 Å². The third kappa shape index (κ3) is 8.82. The number of amides is 1. The van der Waals surface area contributed by atoms with Gasteiger partial charge in [0.25, 0.3) is 5.91 Å². The van der Waals surface area contributed by atoms with E-state index in [9.17, 15) is 23.2 Å². The van der Waals surface area contributed by atoms with Gasteiger partial charge in [-0.15, -0.1) is 11.7 Å². The number of nitrogens with one attached hydrogen (secondary N) is 1. The van der Waals surface area contributed by atoms with Crippen LogP contribution >= 0.6 is 10.9 Å². The average Bonchev–Trinajstić information content (AvgIpc) is 2.99. The van der Waals surface area contributed by atoms with Crippen molar-refractivity contribution in [3.63, 3.8) is 0 Å². The minimum Gasteiger partial charge on any atom is -0.493 e. The molecule has 2 aromatic carbocycles. The number of nitrogens with zero attached hydrogens (tertiary/aromatic N) is 3. The third-order valence-electron chi connectivity index (χ3n) is 7.54. The van der Waals surface area contributed by atoms with E-state index in [1.165, 1.54) is 12.3 Å². The predicted octanol–water partition coefficient (Wildman–Crippen LogP) is 7.81. The molecule has 1 heterocycles. The molecule has 4 rings (SSSR count). The van der Waals surface area contributed by atoms with Gasteiger partial charge in [-0.1, -0.05) is 38.1 Å². The van der Waals surface area contributed by atoms with Crippen LogP contribution in [0.2, 0.25) is 0 Å². The zero-order valence-electron chi connectivity index (χ0n) is 25.2. The molecule has 234 valence electrons. The molecule has 0 radical (unpaired) electrons. The molecule has 1 aromatic heterocycles. The molecule has 44 heavy (non-hydrogen) atoms. The second-order valence-electron chi connectivity index (χ2n) is 11.6. The molecule has 0 spiro atoms. The van der Waals surface area contributed by atoms with Gasteiger partial charge in [0.15, 0.2) is 11.6 Å². The molecule has 1 amide bonds. The highest BCUT2D eigenvalue weighted by atomic mass is 32.3. The lowest BCUT2D eigenvalue weighted by atomic mass is 9.86. The van der Waals surface area contributed by atoms with E-state index in [1.54, 1.807) is 30.3 Å². The smallest absolute Gasteiger partial charge is 0.252 e. The van der Waals surface area contributed by atoms with Gasteiger partial charge in [-0.2, -0.15) is 5.11 Å². The van der Waals surface area contributed by atoms with Gasteiger partial charge < -0.3 is 23.7 Å². The third-order valence-corrected chi connectivity index (χ3v) is 8.53. The Morgan fingerprint density at radius 1 is 1.14 bits per heavy atom. The predicted molar refractivity (Wildman–Crippen MR) is 171 cm³/mol. The van der Waals surface area contributed by atoms with Crippen molar-refractivity contribution in [1.29, 1.82) is 0 Å². The highest BCUT2D eigenvalue weighted by molar-refractivity contribution is 8.19. The van der Waals surface area contributed by atoms with Crippen LogP contribution in [0.15, 0.2) is 82.5 Å². The standard InChI is InChI=1S/C33H40N4O6S/c1-4-9-27-25-11-7-12-28(38)26(25)15-16-29(27)43-19-8-18-33(2,3)22-35-32(39)24-14-17-31(34-20-24)37-36-21-23-10-5-6-13-30(23)44(40,41)42/h4-6,10,13-17,20,40-42H,1,7-9,11-12,18-19,21-22H2,2-3H3,(H,35,39). The summed E-state index contributed by atoms with van der Waals surface area (Å²) in [6.07, 6.45) is 7.92. The SMILES string of the molecule is C=CCc1c(OCCCC(C)(C)CNC(=O)c2ccc(N=NCc3ccccc3S(O)(O)O)nc2)ccc2c1CCCC2=O. The Morgan fingerprint density at radius 3 is 2.66 bits per heavy atom. The number of fused-ring (bicyclic) bond motifs is 1. The first-order chi connectivity index (χ1) is 21.0. The van der Waals surface area contributed by atoms with Crippen molar-refractivity contribution in [2.45, 2.75) is 63.8 Å². The Bertz CT molecular complexity index is 1520. The van der Waals surface area contributed by atoms with Crippen LogP contribution in [0.4, 0.5) is 5.82 Å². The number of aromatic nitrogens is 1. The zero-order valence-corrected chi connectivity index (χ0v) is 26.0. The summed E-state index contributed by atoms with van der Waals surface area (Å²) in [5, 5.41) is 11.0. The number of allylic oxidation sites excluding steroid dienone is 1. The molecule has 0 unspecified atom stereocenters. The summed E-state index contributed by atoms with van der Waals surface area (Å²) in [4.78, 5) is 29.3. The molecule has 0 atom stereocenters. The molecule has 0 aliphatic heterocycles. The largest absolute Gasteiger partial charge is 0.493 e. The van der Waals surface area contributed by atoms with E-state index < -0.39 is 10.9 Å². The highest BCUT2D eigenvalue weighted by Gasteiger charge is 2.23. The van der Waals surface area contributed by atoms with Crippen LogP contribution in [0, 0.1) is 5.41 Å². The fraction of sp³-hybridized carbons (Fsp3) is 0.364. The molecule has 10 nitrogen and oxygen atoms in total. The maximum absolute atomic E-state index is 12.8. The lowest BCUT2D eigenvalue weighted by molar-refractivity contribution is 0.0931. The van der Waals surface area contributed by atoms with Crippen LogP contribution in [0.25, 0.3) is 0 Å². The van der Waals surface area contributed by atoms with Crippen molar-refractivity contribution < 1.29 is 28.0 Å². The zero-order chi connectivity index (χ0) is 31.7. The summed E-state index contributed by atoms with van der Waals surface area (Å²) in [5.41, 5.74) is 3.63. The summed E-state index contributed by atoms with van der Waals surface area (Å²) in [5.74, 6) is 1.06. The number of Topliss-reactive ketones (excluding diaryl/α,β-unsaturated/α-hetero) is 1. The number of carbonyl (C=O) groups excluding carboxylic acids is 2. The molecule has 0 fully saturated rings. The highest BCUT2D eigenvalue weighted by Crippen LogP contribution is 2.45. The van der Waals surface area contributed by atoms with Crippen LogP contribution in [0.1, 0.15) is 76.9 Å². The lowest BCUT2D eigenvalue weighted by Gasteiger charge is -2.25. The molecule has 3 aromatic rings. The quantitative estimate of drug-likeness (QED) is 0.0814. The molecule has 4 N–H and O–H groups in total. The molecule has 11 heteroatoms. The van der Waals surface area contributed by atoms with E-state index in [0.29, 0.717) is 37.1 Å². The molecule has 0 saturated carbocycles. The van der Waals surface area contributed by atoms with Crippen molar-refractivity contribution in [1.82, 2.24) is 10.3 Å². The Hall–Kier alpha value is -3.90. The van der Waals surface area contributed by atoms with Crippen LogP contribution in [0.5, 0.6) is 5.75 Å². The van der Waals surface area contributed by atoms with Gasteiger partial charge >= 0.3 is 0 Å². The number of hydrogen-bond donors (Lipinski definition) is 4. The van der Waals surface area contributed by atoms with Gasteiger partial charge in [-0.05, 0) is 79.0 Å². The van der Waals surface area contributed by atoms with Gasteiger partial charge in [0.2, 0.25) is 0 Å². The Labute approximate surface area is 259 Å². The van der Waals surface area contributed by atoms with Crippen LogP contribution in [0.3, 0.4) is 0 Å². The van der Waals surface area contributed by atoms with Crippen molar-refractivity contribution in [3.05, 3.63) is 95.2 Å². The average molecular weight is 621 g/mol. The Morgan fingerprint density at radius 2 is 1.93 bits per heavy atom. The fourth-order valence-electron chi connectivity index (χ4n) is 5.19. The monoisotopic (exact) mass is 620 g/mol. The van der Waals surface area contributed by atoms with Crippen LogP contribution in [-0.4, -0.2) is 43.5 Å². The summed E-state index contributed by atoms with van der Waals surface area (Å²) < 4.78 is 34.9. The van der Waals surface area contributed by atoms with Crippen molar-refractivity contribution >= 4 is 28.4 Å². The number of hydrogen-bond acceptors (Lipinski definition) is 9. The van der Waals surface area contributed by atoms with E-state index in [2.05, 4.69) is 41.0 Å². The number of benzene rings is 2. The topological polar surface area (TPSA) is 154 Å². The number of carbonyl (C=O) groups is 2. The van der Waals surface area contributed by atoms with Gasteiger partial charge in [-0.3, -0.25) is 9.59 Å². The minimum absolute atomic E-state index is 0.000164. The van der Waals surface area contributed by atoms with Crippen molar-refractivity contribution in [2.75, 3.05) is 13.2 Å². The number of pyridine rings is 1. The summed E-state index contributed by atoms with van der Waals surface area (Å²) in [6.45, 7) is 9.08. The van der Waals surface area contributed by atoms with E-state index in [0.717, 1.165) is 48.1 Å². The Kier molecular flexibility index (Phi) is 11.0. The van der Waals surface area contributed by atoms with Gasteiger partial charge in [0, 0.05) is 30.3 Å². The molecular weight excluding hydrogens is 580 g/mol. The van der Waals surface area contributed by atoms with Gasteiger partial charge in [-0.25, -0.2) is 4.98 Å². The Balaban J connectivity index is 1.24. The normalized spacial score (nSPS) is 13.9. The minimum atomic E-state index is -3.87. The van der Waals surface area contributed by atoms with E-state index in [1.807, 2.05) is 18.2 Å². The fourth-order valence-corrected chi connectivity index (χ4v) is 5.94. The maximum Gasteiger partial charge on any atom is 0.252 e. The first-order valence-electron chi connectivity index (χ1n) is 14.6. The number of rotatable bonds is 14. The number of azo groups is 1. The summed E-state index contributed by atoms with van der Waals surface area (Å²) in [7, 11) is -3.87. The second kappa shape index (κ2) is 14.7. The maximum atomic E-state index is 12.8. The van der Waals surface area contributed by atoms with Gasteiger partial charge in [0.05, 0.1) is 23.6 Å². The number of ether oxygens (including phenoxy) is 1. The van der Waals surface area contributed by atoms with E-state index in [4.69, 9.17) is 4.74 Å². The second-order valence-corrected chi connectivity index (χ2v) is 13.0.